The van der Waals surface area contributed by atoms with Crippen LogP contribution in [0.1, 0.15) is 6.42 Å². The third-order valence-electron chi connectivity index (χ3n) is 1.89. The largest absolute Gasteiger partial charge is 0.481 e. The zero-order valence-electron chi connectivity index (χ0n) is 8.07. The fourth-order valence-electron chi connectivity index (χ4n) is 1.22. The van der Waals surface area contributed by atoms with E-state index in [1.165, 1.54) is 6.33 Å². The fraction of sp³-hybridized carbons (Fsp3) is 0.250. The number of carboxylic acids is 1. The lowest BCUT2D eigenvalue weighted by Crippen LogP contribution is -2.09. The molecule has 0 aliphatic rings. The van der Waals surface area contributed by atoms with E-state index in [4.69, 9.17) is 16.7 Å². The molecule has 0 unspecified atom stereocenters. The highest BCUT2D eigenvalue weighted by Gasteiger charge is 2.08. The number of carbonyl (C=O) groups is 1. The second kappa shape index (κ2) is 4.31. The molecule has 84 valence electrons. The van der Waals surface area contributed by atoms with Gasteiger partial charge in [-0.15, -0.1) is 0 Å². The molecule has 2 heterocycles. The highest BCUT2D eigenvalue weighted by molar-refractivity contribution is 6.28. The number of hydrogen-bond acceptors (Lipinski definition) is 5. The summed E-state index contributed by atoms with van der Waals surface area (Å²) < 4.78 is 0. The highest BCUT2D eigenvalue weighted by Crippen LogP contribution is 2.18. The van der Waals surface area contributed by atoms with Crippen LogP contribution >= 0.6 is 11.6 Å². The quantitative estimate of drug-likeness (QED) is 0.687. The number of aliphatic carboxylic acids is 1. The molecular formula is C8H8ClN5O2. The van der Waals surface area contributed by atoms with Gasteiger partial charge in [0.1, 0.15) is 5.52 Å². The van der Waals surface area contributed by atoms with E-state index >= 15 is 0 Å². The summed E-state index contributed by atoms with van der Waals surface area (Å²) in [4.78, 5) is 25.0. The first-order chi connectivity index (χ1) is 7.66. The Balaban J connectivity index is 2.22. The summed E-state index contributed by atoms with van der Waals surface area (Å²) in [6.45, 7) is 0.261. The summed E-state index contributed by atoms with van der Waals surface area (Å²) >= 11 is 5.69. The van der Waals surface area contributed by atoms with Gasteiger partial charge in [-0.2, -0.15) is 9.97 Å². The van der Waals surface area contributed by atoms with Gasteiger partial charge in [0, 0.05) is 6.54 Å². The van der Waals surface area contributed by atoms with Crippen LogP contribution in [0.4, 0.5) is 5.82 Å². The summed E-state index contributed by atoms with van der Waals surface area (Å²) in [6.07, 6.45) is 1.47. The number of anilines is 1. The van der Waals surface area contributed by atoms with Crippen molar-refractivity contribution in [1.29, 1.82) is 0 Å². The minimum Gasteiger partial charge on any atom is -0.481 e. The average molecular weight is 242 g/mol. The summed E-state index contributed by atoms with van der Waals surface area (Å²) in [5.41, 5.74) is 1.05. The van der Waals surface area contributed by atoms with Gasteiger partial charge < -0.3 is 15.4 Å². The van der Waals surface area contributed by atoms with Crippen LogP contribution in [0, 0.1) is 0 Å². The van der Waals surface area contributed by atoms with Crippen molar-refractivity contribution >= 4 is 34.6 Å². The molecule has 3 N–H and O–H groups in total. The number of nitrogens with one attached hydrogen (secondary N) is 2. The Morgan fingerprint density at radius 3 is 3.12 bits per heavy atom. The van der Waals surface area contributed by atoms with Crippen LogP contribution in [0.2, 0.25) is 5.28 Å². The van der Waals surface area contributed by atoms with Crippen molar-refractivity contribution in [3.63, 3.8) is 0 Å². The third-order valence-corrected chi connectivity index (χ3v) is 2.06. The van der Waals surface area contributed by atoms with Gasteiger partial charge in [0.25, 0.3) is 0 Å². The van der Waals surface area contributed by atoms with E-state index in [9.17, 15) is 4.79 Å². The van der Waals surface area contributed by atoms with E-state index in [0.29, 0.717) is 17.0 Å². The first-order valence-electron chi connectivity index (χ1n) is 4.49. The first kappa shape index (κ1) is 10.6. The van der Waals surface area contributed by atoms with Gasteiger partial charge in [0.15, 0.2) is 11.5 Å². The molecule has 0 amide bonds. The van der Waals surface area contributed by atoms with Gasteiger partial charge in [0.05, 0.1) is 12.7 Å². The molecule has 2 aromatic heterocycles. The van der Waals surface area contributed by atoms with Crippen LogP contribution in [0.25, 0.3) is 11.2 Å². The summed E-state index contributed by atoms with van der Waals surface area (Å²) in [5, 5.41) is 11.4. The standard InChI is InChI=1S/C8H8ClN5O2/c9-8-13-6(10-2-1-4(15)16)5-7(14-8)12-3-11-5/h3H,1-2H2,(H,15,16)(H2,10,11,12,13,14). The highest BCUT2D eigenvalue weighted by atomic mass is 35.5. The SMILES string of the molecule is O=C(O)CCNc1nc(Cl)nc2nc[nH]c12. The molecule has 0 atom stereocenters. The summed E-state index contributed by atoms with van der Waals surface area (Å²) in [5.74, 6) is -0.428. The lowest BCUT2D eigenvalue weighted by molar-refractivity contribution is -0.136. The Hall–Kier alpha value is -1.89. The summed E-state index contributed by atoms with van der Waals surface area (Å²) in [7, 11) is 0. The van der Waals surface area contributed by atoms with Crippen LogP contribution in [0.3, 0.4) is 0 Å². The Morgan fingerprint density at radius 2 is 2.38 bits per heavy atom. The first-order valence-corrected chi connectivity index (χ1v) is 4.87. The lowest BCUT2D eigenvalue weighted by atomic mass is 10.4. The number of H-pyrrole nitrogens is 1. The van der Waals surface area contributed by atoms with Gasteiger partial charge >= 0.3 is 5.97 Å². The van der Waals surface area contributed by atoms with Crippen molar-refractivity contribution in [3.05, 3.63) is 11.6 Å². The van der Waals surface area contributed by atoms with Crippen molar-refractivity contribution < 1.29 is 9.90 Å². The molecule has 0 bridgehead atoms. The Labute approximate surface area is 94.9 Å². The predicted molar refractivity (Wildman–Crippen MR) is 57.4 cm³/mol. The summed E-state index contributed by atoms with van der Waals surface area (Å²) in [6, 6.07) is 0. The van der Waals surface area contributed by atoms with Crippen LogP contribution in [0.15, 0.2) is 6.33 Å². The third kappa shape index (κ3) is 2.19. The maximum absolute atomic E-state index is 10.4. The van der Waals surface area contributed by atoms with Crippen LogP contribution < -0.4 is 5.32 Å². The maximum atomic E-state index is 10.4. The van der Waals surface area contributed by atoms with E-state index < -0.39 is 5.97 Å². The van der Waals surface area contributed by atoms with Crippen molar-refractivity contribution in [3.8, 4) is 0 Å². The van der Waals surface area contributed by atoms with E-state index in [0.717, 1.165) is 0 Å². The van der Waals surface area contributed by atoms with Crippen molar-refractivity contribution in [2.75, 3.05) is 11.9 Å². The predicted octanol–water partition coefficient (Wildman–Crippen LogP) is 0.893. The van der Waals surface area contributed by atoms with E-state index in [1.54, 1.807) is 0 Å². The minimum atomic E-state index is -0.881. The smallest absolute Gasteiger partial charge is 0.305 e. The van der Waals surface area contributed by atoms with Crippen molar-refractivity contribution in [1.82, 2.24) is 19.9 Å². The number of aromatic nitrogens is 4. The number of imidazole rings is 1. The number of rotatable bonds is 4. The number of nitrogens with zero attached hydrogens (tertiary/aromatic N) is 3. The van der Waals surface area contributed by atoms with Crippen LogP contribution in [-0.4, -0.2) is 37.6 Å². The normalized spacial score (nSPS) is 10.6. The molecular weight excluding hydrogens is 234 g/mol. The minimum absolute atomic E-state index is 0.00273. The Kier molecular flexibility index (Phi) is 2.86. The number of aromatic amines is 1. The van der Waals surface area contributed by atoms with Crippen LogP contribution in [-0.2, 0) is 4.79 Å². The molecule has 0 saturated carbocycles. The zero-order chi connectivity index (χ0) is 11.5. The van der Waals surface area contributed by atoms with Gasteiger partial charge in [-0.1, -0.05) is 0 Å². The van der Waals surface area contributed by atoms with Crippen molar-refractivity contribution in [2.24, 2.45) is 0 Å². The number of hydrogen-bond donors (Lipinski definition) is 3. The Morgan fingerprint density at radius 1 is 1.56 bits per heavy atom. The molecule has 0 radical (unpaired) electrons. The molecule has 2 rings (SSSR count). The average Bonchev–Trinajstić information content (AvgIpc) is 2.64. The number of halogens is 1. The molecule has 16 heavy (non-hydrogen) atoms. The second-order valence-corrected chi connectivity index (χ2v) is 3.35. The van der Waals surface area contributed by atoms with E-state index in [1.807, 2.05) is 0 Å². The second-order valence-electron chi connectivity index (χ2n) is 3.01. The van der Waals surface area contributed by atoms with E-state index in [2.05, 4.69) is 25.3 Å². The molecule has 0 spiro atoms. The fourth-order valence-corrected chi connectivity index (χ4v) is 1.39. The van der Waals surface area contributed by atoms with Gasteiger partial charge in [0.2, 0.25) is 5.28 Å². The zero-order valence-corrected chi connectivity index (χ0v) is 8.82. The molecule has 8 heteroatoms. The van der Waals surface area contributed by atoms with Gasteiger partial charge in [-0.05, 0) is 11.6 Å². The van der Waals surface area contributed by atoms with Gasteiger partial charge in [-0.25, -0.2) is 4.98 Å². The molecule has 0 aliphatic carbocycles. The molecule has 0 aliphatic heterocycles. The maximum Gasteiger partial charge on any atom is 0.305 e. The van der Waals surface area contributed by atoms with Crippen LogP contribution in [0.5, 0.6) is 0 Å². The van der Waals surface area contributed by atoms with Crippen molar-refractivity contribution in [2.45, 2.75) is 6.42 Å². The molecule has 0 aromatic carbocycles. The molecule has 0 saturated heterocycles. The topological polar surface area (TPSA) is 104 Å². The molecule has 2 aromatic rings. The lowest BCUT2D eigenvalue weighted by Gasteiger charge is -2.04. The molecule has 7 nitrogen and oxygen atoms in total. The molecule has 0 fully saturated rings. The number of fused-ring (bicyclic) bond motifs is 1. The van der Waals surface area contributed by atoms with Gasteiger partial charge in [-0.3, -0.25) is 4.79 Å². The monoisotopic (exact) mass is 241 g/mol. The Bertz CT molecular complexity index is 526. The number of carboxylic acid groups (broad SMARTS) is 1. The van der Waals surface area contributed by atoms with E-state index in [-0.39, 0.29) is 18.2 Å².